The molecule has 11 heteroatoms. The number of benzene rings is 2. The number of rotatable bonds is 6. The van der Waals surface area contributed by atoms with Gasteiger partial charge < -0.3 is 9.73 Å². The zero-order valence-electron chi connectivity index (χ0n) is 14.0. The van der Waals surface area contributed by atoms with Crippen molar-refractivity contribution < 1.29 is 22.6 Å². The Bertz CT molecular complexity index is 1120. The molecule has 28 heavy (non-hydrogen) atoms. The molecule has 0 aliphatic heterocycles. The molecule has 0 atom stereocenters. The highest BCUT2D eigenvalue weighted by atomic mass is 35.5. The van der Waals surface area contributed by atoms with E-state index < -0.39 is 26.7 Å². The molecule has 0 saturated heterocycles. The molecule has 2 aromatic carbocycles. The Hall–Kier alpha value is -3.37. The standard InChI is InChI=1S/C17H12ClN3O6S/c18-11-1-7-14(8-2-11)28(25,26)20-13-5-3-12(4-6-13)19-17(22)15-9-10-16(27-15)21(23)24/h1-10,20H,(H,19,22). The summed E-state index contributed by atoms with van der Waals surface area (Å²) in [5, 5.41) is 13.5. The molecule has 0 fully saturated rings. The summed E-state index contributed by atoms with van der Waals surface area (Å²) in [5.74, 6) is -1.45. The summed E-state index contributed by atoms with van der Waals surface area (Å²) in [4.78, 5) is 21.9. The third-order valence-corrected chi connectivity index (χ3v) is 5.16. The Balaban J connectivity index is 1.68. The van der Waals surface area contributed by atoms with Gasteiger partial charge in [0.2, 0.25) is 0 Å². The van der Waals surface area contributed by atoms with E-state index in [1.54, 1.807) is 0 Å². The number of halogens is 1. The number of amides is 1. The summed E-state index contributed by atoms with van der Waals surface area (Å²) in [6.45, 7) is 0. The summed E-state index contributed by atoms with van der Waals surface area (Å²) >= 11 is 5.75. The van der Waals surface area contributed by atoms with Crippen molar-refractivity contribution >= 4 is 44.8 Å². The van der Waals surface area contributed by atoms with Crippen LogP contribution in [0.5, 0.6) is 0 Å². The van der Waals surface area contributed by atoms with Crippen LogP contribution in [0.2, 0.25) is 5.02 Å². The lowest BCUT2D eigenvalue weighted by atomic mass is 10.3. The van der Waals surface area contributed by atoms with Crippen molar-refractivity contribution in [1.29, 1.82) is 0 Å². The molecule has 1 amide bonds. The van der Waals surface area contributed by atoms with E-state index in [2.05, 4.69) is 10.0 Å². The first kappa shape index (κ1) is 19.4. The number of carbonyl (C=O) groups excluding carboxylic acids is 1. The smallest absolute Gasteiger partial charge is 0.395 e. The quantitative estimate of drug-likeness (QED) is 0.458. The summed E-state index contributed by atoms with van der Waals surface area (Å²) in [6.07, 6.45) is 0. The monoisotopic (exact) mass is 421 g/mol. The number of hydrogen-bond acceptors (Lipinski definition) is 6. The summed E-state index contributed by atoms with van der Waals surface area (Å²) < 4.78 is 31.9. The second-order valence-corrected chi connectivity index (χ2v) is 7.60. The maximum Gasteiger partial charge on any atom is 0.433 e. The van der Waals surface area contributed by atoms with Gasteiger partial charge in [-0.05, 0) is 54.6 Å². The molecule has 0 bridgehead atoms. The van der Waals surface area contributed by atoms with Gasteiger partial charge in [0.05, 0.1) is 11.0 Å². The van der Waals surface area contributed by atoms with E-state index in [4.69, 9.17) is 16.0 Å². The maximum absolute atomic E-state index is 12.3. The molecule has 0 unspecified atom stereocenters. The molecule has 0 aliphatic carbocycles. The van der Waals surface area contributed by atoms with Crippen LogP contribution < -0.4 is 10.0 Å². The number of nitrogens with zero attached hydrogens (tertiary/aromatic N) is 1. The minimum atomic E-state index is -3.79. The molecule has 0 aliphatic rings. The Morgan fingerprint density at radius 2 is 1.57 bits per heavy atom. The molecule has 9 nitrogen and oxygen atoms in total. The Morgan fingerprint density at radius 1 is 0.964 bits per heavy atom. The van der Waals surface area contributed by atoms with Crippen LogP contribution in [0.25, 0.3) is 0 Å². The SMILES string of the molecule is O=C(Nc1ccc(NS(=O)(=O)c2ccc(Cl)cc2)cc1)c1ccc([N+](=O)[O-])o1. The predicted molar refractivity (Wildman–Crippen MR) is 102 cm³/mol. The normalized spacial score (nSPS) is 11.0. The average Bonchev–Trinajstić information content (AvgIpc) is 3.14. The molecule has 1 heterocycles. The fourth-order valence-electron chi connectivity index (χ4n) is 2.19. The third kappa shape index (κ3) is 4.48. The van der Waals surface area contributed by atoms with Crippen molar-refractivity contribution in [3.8, 4) is 0 Å². The molecule has 0 saturated carbocycles. The second kappa shape index (κ2) is 7.71. The van der Waals surface area contributed by atoms with Crippen molar-refractivity contribution in [2.24, 2.45) is 0 Å². The van der Waals surface area contributed by atoms with E-state index in [0.717, 1.165) is 6.07 Å². The van der Waals surface area contributed by atoms with Gasteiger partial charge in [0, 0.05) is 16.4 Å². The van der Waals surface area contributed by atoms with Gasteiger partial charge in [0.15, 0.2) is 5.76 Å². The molecule has 3 rings (SSSR count). The average molecular weight is 422 g/mol. The third-order valence-electron chi connectivity index (χ3n) is 3.51. The largest absolute Gasteiger partial charge is 0.433 e. The Morgan fingerprint density at radius 3 is 2.14 bits per heavy atom. The van der Waals surface area contributed by atoms with Crippen LogP contribution in [-0.4, -0.2) is 19.2 Å². The number of anilines is 2. The zero-order valence-corrected chi connectivity index (χ0v) is 15.5. The van der Waals surface area contributed by atoms with Crippen LogP contribution in [-0.2, 0) is 10.0 Å². The van der Waals surface area contributed by atoms with E-state index in [1.165, 1.54) is 54.6 Å². The number of sulfonamides is 1. The van der Waals surface area contributed by atoms with Crippen LogP contribution >= 0.6 is 11.6 Å². The minimum absolute atomic E-state index is 0.0497. The van der Waals surface area contributed by atoms with Crippen molar-refractivity contribution in [2.45, 2.75) is 4.90 Å². The van der Waals surface area contributed by atoms with Crippen molar-refractivity contribution in [2.75, 3.05) is 10.0 Å². The van der Waals surface area contributed by atoms with Crippen LogP contribution in [0.3, 0.4) is 0 Å². The van der Waals surface area contributed by atoms with Gasteiger partial charge >= 0.3 is 5.88 Å². The fraction of sp³-hybridized carbons (Fsp3) is 0. The van der Waals surface area contributed by atoms with Gasteiger partial charge in [-0.3, -0.25) is 19.6 Å². The number of furan rings is 1. The van der Waals surface area contributed by atoms with Crippen molar-refractivity contribution in [3.05, 3.63) is 81.6 Å². The highest BCUT2D eigenvalue weighted by molar-refractivity contribution is 7.92. The highest BCUT2D eigenvalue weighted by Gasteiger charge is 2.18. The minimum Gasteiger partial charge on any atom is -0.395 e. The first-order valence-corrected chi connectivity index (χ1v) is 9.55. The van der Waals surface area contributed by atoms with Crippen LogP contribution in [0.4, 0.5) is 17.3 Å². The van der Waals surface area contributed by atoms with E-state index in [-0.39, 0.29) is 16.3 Å². The van der Waals surface area contributed by atoms with E-state index >= 15 is 0 Å². The fourth-order valence-corrected chi connectivity index (χ4v) is 3.37. The van der Waals surface area contributed by atoms with Gasteiger partial charge in [-0.1, -0.05) is 11.6 Å². The molecule has 0 radical (unpaired) electrons. The highest BCUT2D eigenvalue weighted by Crippen LogP contribution is 2.21. The Labute approximate surface area is 164 Å². The molecular weight excluding hydrogens is 410 g/mol. The molecule has 144 valence electrons. The van der Waals surface area contributed by atoms with Gasteiger partial charge in [-0.25, -0.2) is 8.42 Å². The summed E-state index contributed by atoms with van der Waals surface area (Å²) in [6, 6.07) is 13.8. The lowest BCUT2D eigenvalue weighted by molar-refractivity contribution is -0.402. The van der Waals surface area contributed by atoms with Gasteiger partial charge in [0.25, 0.3) is 15.9 Å². The molecule has 0 spiro atoms. The van der Waals surface area contributed by atoms with Crippen LogP contribution in [0.15, 0.2) is 70.0 Å². The first-order valence-electron chi connectivity index (χ1n) is 7.69. The number of nitro groups is 1. The molecule has 1 aromatic heterocycles. The summed E-state index contributed by atoms with van der Waals surface area (Å²) in [5.41, 5.74) is 0.625. The van der Waals surface area contributed by atoms with Crippen LogP contribution in [0.1, 0.15) is 10.6 Å². The lowest BCUT2D eigenvalue weighted by Gasteiger charge is -2.09. The lowest BCUT2D eigenvalue weighted by Crippen LogP contribution is -2.13. The second-order valence-electron chi connectivity index (χ2n) is 5.49. The topological polar surface area (TPSA) is 132 Å². The summed E-state index contributed by atoms with van der Waals surface area (Å²) in [7, 11) is -3.79. The number of hydrogen-bond donors (Lipinski definition) is 2. The van der Waals surface area contributed by atoms with Crippen LogP contribution in [0, 0.1) is 10.1 Å². The van der Waals surface area contributed by atoms with E-state index in [9.17, 15) is 23.3 Å². The zero-order chi connectivity index (χ0) is 20.3. The first-order chi connectivity index (χ1) is 13.2. The van der Waals surface area contributed by atoms with E-state index in [0.29, 0.717) is 10.7 Å². The van der Waals surface area contributed by atoms with Crippen molar-refractivity contribution in [3.63, 3.8) is 0 Å². The van der Waals surface area contributed by atoms with Crippen molar-refractivity contribution in [1.82, 2.24) is 0 Å². The van der Waals surface area contributed by atoms with E-state index in [1.807, 2.05) is 0 Å². The number of nitrogens with one attached hydrogen (secondary N) is 2. The predicted octanol–water partition coefficient (Wildman–Crippen LogP) is 3.89. The maximum atomic E-state index is 12.3. The van der Waals surface area contributed by atoms with Gasteiger partial charge in [-0.2, -0.15) is 0 Å². The molecule has 3 aromatic rings. The Kier molecular flexibility index (Phi) is 5.34. The van der Waals surface area contributed by atoms with Gasteiger partial charge in [0.1, 0.15) is 4.92 Å². The van der Waals surface area contributed by atoms with Gasteiger partial charge in [-0.15, -0.1) is 0 Å². The molecule has 2 N–H and O–H groups in total. The number of carbonyl (C=O) groups is 1. The molecular formula is C17H12ClN3O6S.